The molecule has 2 aromatic rings. The monoisotopic (exact) mass is 306 g/mol. The van der Waals surface area contributed by atoms with E-state index >= 15 is 0 Å². The lowest BCUT2D eigenvalue weighted by Crippen LogP contribution is -2.28. The van der Waals surface area contributed by atoms with Gasteiger partial charge in [0, 0.05) is 29.5 Å². The average molecular weight is 307 g/mol. The predicted molar refractivity (Wildman–Crippen MR) is 76.9 cm³/mol. The highest BCUT2D eigenvalue weighted by atomic mass is 79.9. The van der Waals surface area contributed by atoms with Crippen LogP contribution in [0.1, 0.15) is 6.42 Å². The fraction of sp³-hybridized carbons (Fsp3) is 0.385. The van der Waals surface area contributed by atoms with Crippen LogP contribution in [0.5, 0.6) is 0 Å². The molecule has 0 radical (unpaired) electrons. The van der Waals surface area contributed by atoms with Crippen LogP contribution in [0, 0.1) is 0 Å². The second-order valence-electron chi connectivity index (χ2n) is 4.45. The zero-order valence-electron chi connectivity index (χ0n) is 10.1. The third kappa shape index (κ3) is 2.33. The normalized spacial score (nSPS) is 16.8. The Morgan fingerprint density at radius 3 is 3.06 bits per heavy atom. The summed E-state index contributed by atoms with van der Waals surface area (Å²) in [4.78, 5) is 11.2. The van der Waals surface area contributed by atoms with E-state index in [9.17, 15) is 0 Å². The Labute approximate surface area is 115 Å². The van der Waals surface area contributed by atoms with E-state index in [1.54, 1.807) is 6.33 Å². The van der Waals surface area contributed by atoms with Crippen molar-refractivity contribution in [1.29, 1.82) is 0 Å². The predicted octanol–water partition coefficient (Wildman–Crippen LogP) is 2.19. The van der Waals surface area contributed by atoms with E-state index in [1.165, 1.54) is 0 Å². The molecular weight excluding hydrogens is 292 g/mol. The summed E-state index contributed by atoms with van der Waals surface area (Å²) in [6, 6.07) is 6.15. The number of anilines is 1. The fourth-order valence-corrected chi connectivity index (χ4v) is 2.69. The van der Waals surface area contributed by atoms with Gasteiger partial charge in [-0.3, -0.25) is 0 Å². The van der Waals surface area contributed by atoms with Crippen molar-refractivity contribution in [1.82, 2.24) is 15.3 Å². The molecule has 18 heavy (non-hydrogen) atoms. The van der Waals surface area contributed by atoms with Crippen LogP contribution in [0.25, 0.3) is 10.9 Å². The van der Waals surface area contributed by atoms with Crippen LogP contribution in [0.15, 0.2) is 29.0 Å². The van der Waals surface area contributed by atoms with E-state index in [0.29, 0.717) is 0 Å². The van der Waals surface area contributed by atoms with E-state index in [1.807, 2.05) is 12.1 Å². The van der Waals surface area contributed by atoms with Crippen LogP contribution in [0.2, 0.25) is 0 Å². The molecule has 0 amide bonds. The van der Waals surface area contributed by atoms with Crippen molar-refractivity contribution in [3.63, 3.8) is 0 Å². The lowest BCUT2D eigenvalue weighted by Gasteiger charge is -2.22. The van der Waals surface area contributed by atoms with Crippen molar-refractivity contribution in [3.8, 4) is 0 Å². The molecule has 1 saturated heterocycles. The molecule has 1 aromatic heterocycles. The maximum atomic E-state index is 4.48. The number of benzene rings is 1. The molecule has 2 heterocycles. The van der Waals surface area contributed by atoms with E-state index in [4.69, 9.17) is 0 Å². The number of hydrogen-bond acceptors (Lipinski definition) is 4. The zero-order valence-corrected chi connectivity index (χ0v) is 11.7. The smallest absolute Gasteiger partial charge is 0.139 e. The second-order valence-corrected chi connectivity index (χ2v) is 5.37. The summed E-state index contributed by atoms with van der Waals surface area (Å²) >= 11 is 3.52. The summed E-state index contributed by atoms with van der Waals surface area (Å²) < 4.78 is 1.07. The average Bonchev–Trinajstić information content (AvgIpc) is 2.67. The zero-order chi connectivity index (χ0) is 12.4. The van der Waals surface area contributed by atoms with Crippen molar-refractivity contribution in [2.24, 2.45) is 0 Å². The van der Waals surface area contributed by atoms with Gasteiger partial charge < -0.3 is 10.2 Å². The molecule has 1 fully saturated rings. The topological polar surface area (TPSA) is 41.1 Å². The Bertz CT molecular complexity index is 550. The summed E-state index contributed by atoms with van der Waals surface area (Å²) in [6.07, 6.45) is 2.81. The summed E-state index contributed by atoms with van der Waals surface area (Å²) in [5.74, 6) is 1.05. The summed E-state index contributed by atoms with van der Waals surface area (Å²) in [7, 11) is 0. The Hall–Kier alpha value is -1.20. The molecule has 1 aromatic carbocycles. The van der Waals surface area contributed by atoms with Crippen LogP contribution >= 0.6 is 15.9 Å². The van der Waals surface area contributed by atoms with Crippen molar-refractivity contribution in [3.05, 3.63) is 29.0 Å². The molecule has 94 valence electrons. The minimum absolute atomic E-state index is 0.999. The highest BCUT2D eigenvalue weighted by Gasteiger charge is 2.14. The van der Waals surface area contributed by atoms with E-state index < -0.39 is 0 Å². The Balaban J connectivity index is 2.06. The first-order valence-electron chi connectivity index (χ1n) is 6.20. The fourth-order valence-electron chi connectivity index (χ4n) is 2.32. The molecule has 0 unspecified atom stereocenters. The van der Waals surface area contributed by atoms with Crippen molar-refractivity contribution in [2.45, 2.75) is 6.42 Å². The Morgan fingerprint density at radius 2 is 2.11 bits per heavy atom. The minimum atomic E-state index is 0.999. The molecule has 0 bridgehead atoms. The molecule has 0 spiro atoms. The number of fused-ring (bicyclic) bond motifs is 1. The summed E-state index contributed by atoms with van der Waals surface area (Å²) in [5, 5.41) is 4.53. The van der Waals surface area contributed by atoms with E-state index in [2.05, 4.69) is 42.2 Å². The van der Waals surface area contributed by atoms with Gasteiger partial charge in [0.1, 0.15) is 12.1 Å². The van der Waals surface area contributed by atoms with Crippen molar-refractivity contribution >= 4 is 32.7 Å². The second kappa shape index (κ2) is 5.20. The number of nitrogens with one attached hydrogen (secondary N) is 1. The molecule has 5 heteroatoms. The van der Waals surface area contributed by atoms with Crippen LogP contribution in [-0.2, 0) is 0 Å². The molecular formula is C13H15BrN4. The first-order valence-corrected chi connectivity index (χ1v) is 7.00. The van der Waals surface area contributed by atoms with Gasteiger partial charge in [-0.1, -0.05) is 15.9 Å². The summed E-state index contributed by atoms with van der Waals surface area (Å²) in [6.45, 7) is 4.15. The van der Waals surface area contributed by atoms with Gasteiger partial charge in [-0.05, 0) is 31.2 Å². The number of halogens is 1. The number of aromatic nitrogens is 2. The van der Waals surface area contributed by atoms with Gasteiger partial charge in [0.2, 0.25) is 0 Å². The maximum absolute atomic E-state index is 4.48. The van der Waals surface area contributed by atoms with Gasteiger partial charge >= 0.3 is 0 Å². The van der Waals surface area contributed by atoms with Crippen LogP contribution in [0.4, 0.5) is 5.82 Å². The molecule has 4 nitrogen and oxygen atoms in total. The molecule has 0 aliphatic carbocycles. The Kier molecular flexibility index (Phi) is 3.43. The third-order valence-electron chi connectivity index (χ3n) is 3.22. The van der Waals surface area contributed by atoms with Gasteiger partial charge in [-0.2, -0.15) is 0 Å². The quantitative estimate of drug-likeness (QED) is 0.877. The first kappa shape index (κ1) is 11.9. The molecule has 3 rings (SSSR count). The van der Waals surface area contributed by atoms with Gasteiger partial charge in [-0.15, -0.1) is 0 Å². The molecule has 0 atom stereocenters. The SMILES string of the molecule is Brc1ccc2ncnc(N3CCCNCC3)c2c1. The van der Waals surface area contributed by atoms with E-state index in [0.717, 1.165) is 53.8 Å². The highest BCUT2D eigenvalue weighted by molar-refractivity contribution is 9.10. The van der Waals surface area contributed by atoms with Crippen molar-refractivity contribution < 1.29 is 0 Å². The number of nitrogens with zero attached hydrogens (tertiary/aromatic N) is 3. The van der Waals surface area contributed by atoms with Gasteiger partial charge in [0.25, 0.3) is 0 Å². The lowest BCUT2D eigenvalue weighted by molar-refractivity contribution is 0.724. The van der Waals surface area contributed by atoms with Crippen LogP contribution in [0.3, 0.4) is 0 Å². The van der Waals surface area contributed by atoms with E-state index in [-0.39, 0.29) is 0 Å². The standard InChI is InChI=1S/C13H15BrN4/c14-10-2-3-12-11(8-10)13(17-9-16-12)18-6-1-4-15-5-7-18/h2-3,8-9,15H,1,4-7H2. The highest BCUT2D eigenvalue weighted by Crippen LogP contribution is 2.26. The first-order chi connectivity index (χ1) is 8.84. The lowest BCUT2D eigenvalue weighted by atomic mass is 10.2. The molecule has 0 saturated carbocycles. The van der Waals surface area contributed by atoms with Gasteiger partial charge in [0.15, 0.2) is 0 Å². The molecule has 1 aliphatic rings. The summed E-state index contributed by atoms with van der Waals surface area (Å²) in [5.41, 5.74) is 1.00. The maximum Gasteiger partial charge on any atom is 0.139 e. The molecule has 1 N–H and O–H groups in total. The van der Waals surface area contributed by atoms with Gasteiger partial charge in [0.05, 0.1) is 5.52 Å². The minimum Gasteiger partial charge on any atom is -0.355 e. The third-order valence-corrected chi connectivity index (χ3v) is 3.71. The van der Waals surface area contributed by atoms with Gasteiger partial charge in [-0.25, -0.2) is 9.97 Å². The largest absolute Gasteiger partial charge is 0.355 e. The number of hydrogen-bond donors (Lipinski definition) is 1. The van der Waals surface area contributed by atoms with Crippen molar-refractivity contribution in [2.75, 3.05) is 31.1 Å². The van der Waals surface area contributed by atoms with Crippen LogP contribution < -0.4 is 10.2 Å². The molecule has 1 aliphatic heterocycles. The number of rotatable bonds is 1. The Morgan fingerprint density at radius 1 is 1.17 bits per heavy atom. The van der Waals surface area contributed by atoms with Crippen LogP contribution in [-0.4, -0.2) is 36.1 Å².